The van der Waals surface area contributed by atoms with Gasteiger partial charge in [0.1, 0.15) is 5.70 Å². The highest BCUT2D eigenvalue weighted by Crippen LogP contribution is 2.31. The van der Waals surface area contributed by atoms with Gasteiger partial charge >= 0.3 is 0 Å². The zero-order valence-electron chi connectivity index (χ0n) is 18.2. The lowest BCUT2D eigenvalue weighted by Gasteiger charge is -2.19. The first-order valence-corrected chi connectivity index (χ1v) is 10.4. The van der Waals surface area contributed by atoms with E-state index in [-0.39, 0.29) is 17.2 Å². The van der Waals surface area contributed by atoms with Crippen LogP contribution in [0, 0.1) is 0 Å². The van der Waals surface area contributed by atoms with Gasteiger partial charge < -0.3 is 10.1 Å². The number of amides is 2. The molecule has 0 radical (unpaired) electrons. The van der Waals surface area contributed by atoms with Gasteiger partial charge in [-0.1, -0.05) is 63.2 Å². The second-order valence-electron chi connectivity index (χ2n) is 8.38. The Morgan fingerprint density at radius 2 is 1.60 bits per heavy atom. The molecule has 3 rings (SSSR count). The molecule has 0 aliphatic carbocycles. The van der Waals surface area contributed by atoms with Gasteiger partial charge in [0.2, 0.25) is 0 Å². The molecule has 0 bridgehead atoms. The molecule has 0 unspecified atom stereocenters. The predicted octanol–water partition coefficient (Wildman–Crippen LogP) is 4.60. The zero-order valence-corrected chi connectivity index (χ0v) is 18.2. The largest absolute Gasteiger partial charge is 0.382 e. The maximum absolute atomic E-state index is 13.1. The first-order chi connectivity index (χ1) is 14.3. The summed E-state index contributed by atoms with van der Waals surface area (Å²) in [6, 6.07) is 17.3. The Morgan fingerprint density at radius 1 is 0.933 bits per heavy atom. The molecule has 0 spiro atoms. The molecule has 1 N–H and O–H groups in total. The van der Waals surface area contributed by atoms with Gasteiger partial charge in [-0.15, -0.1) is 0 Å². The Balaban J connectivity index is 1.89. The van der Waals surface area contributed by atoms with E-state index in [1.54, 1.807) is 0 Å². The summed E-state index contributed by atoms with van der Waals surface area (Å²) in [6.07, 6.45) is 0.612. The molecular weight excluding hydrogens is 376 g/mol. The molecule has 158 valence electrons. The number of ether oxygens (including phenoxy) is 1. The van der Waals surface area contributed by atoms with Crippen LogP contribution in [-0.2, 0) is 19.7 Å². The van der Waals surface area contributed by atoms with Crippen molar-refractivity contribution < 1.29 is 14.3 Å². The van der Waals surface area contributed by atoms with Gasteiger partial charge in [-0.3, -0.25) is 14.5 Å². The normalized spacial score (nSPS) is 14.6. The number of hydrogen-bond acceptors (Lipinski definition) is 4. The molecule has 0 saturated heterocycles. The maximum Gasteiger partial charge on any atom is 0.278 e. The van der Waals surface area contributed by atoms with Gasteiger partial charge in [0.15, 0.2) is 0 Å². The summed E-state index contributed by atoms with van der Waals surface area (Å²) in [7, 11) is 0. The van der Waals surface area contributed by atoms with E-state index in [9.17, 15) is 9.59 Å². The SMILES string of the molecule is CCOCCCN1C(=O)C(Nc2ccc(C(C)(C)C)cc2)=C(c2ccccc2)C1=O. The van der Waals surface area contributed by atoms with Crippen LogP contribution >= 0.6 is 0 Å². The number of hydrogen-bond donors (Lipinski definition) is 1. The quantitative estimate of drug-likeness (QED) is 0.514. The first kappa shape index (κ1) is 21.8. The molecule has 0 aromatic heterocycles. The van der Waals surface area contributed by atoms with Crippen LogP contribution in [0.5, 0.6) is 0 Å². The van der Waals surface area contributed by atoms with E-state index in [4.69, 9.17) is 4.74 Å². The minimum atomic E-state index is -0.296. The van der Waals surface area contributed by atoms with E-state index >= 15 is 0 Å². The second kappa shape index (κ2) is 9.26. The third kappa shape index (κ3) is 4.79. The third-order valence-corrected chi connectivity index (χ3v) is 5.13. The van der Waals surface area contributed by atoms with Gasteiger partial charge in [0.25, 0.3) is 11.8 Å². The molecule has 0 fully saturated rings. The predicted molar refractivity (Wildman–Crippen MR) is 120 cm³/mol. The fourth-order valence-electron chi connectivity index (χ4n) is 3.43. The number of nitrogens with zero attached hydrogens (tertiary/aromatic N) is 1. The number of rotatable bonds is 8. The van der Waals surface area contributed by atoms with Crippen LogP contribution in [0.1, 0.15) is 45.2 Å². The zero-order chi connectivity index (χ0) is 21.7. The Bertz CT molecular complexity index is 925. The van der Waals surface area contributed by atoms with Crippen LogP contribution in [0.3, 0.4) is 0 Å². The Hall–Kier alpha value is -2.92. The molecule has 2 amide bonds. The van der Waals surface area contributed by atoms with E-state index in [1.807, 2.05) is 61.5 Å². The van der Waals surface area contributed by atoms with Crippen molar-refractivity contribution in [3.05, 3.63) is 71.4 Å². The van der Waals surface area contributed by atoms with E-state index in [0.29, 0.717) is 37.4 Å². The van der Waals surface area contributed by atoms with Crippen LogP contribution < -0.4 is 5.32 Å². The van der Waals surface area contributed by atoms with E-state index in [1.165, 1.54) is 10.5 Å². The minimum absolute atomic E-state index is 0.0451. The molecule has 0 saturated carbocycles. The Morgan fingerprint density at radius 3 is 2.20 bits per heavy atom. The molecule has 5 heteroatoms. The summed E-state index contributed by atoms with van der Waals surface area (Å²) in [5.74, 6) is -0.563. The van der Waals surface area contributed by atoms with Crippen molar-refractivity contribution in [2.75, 3.05) is 25.1 Å². The van der Waals surface area contributed by atoms with Gasteiger partial charge in [-0.2, -0.15) is 0 Å². The van der Waals surface area contributed by atoms with Crippen molar-refractivity contribution >= 4 is 23.1 Å². The average Bonchev–Trinajstić information content (AvgIpc) is 2.95. The van der Waals surface area contributed by atoms with Crippen molar-refractivity contribution in [2.24, 2.45) is 0 Å². The standard InChI is InChI=1S/C25H30N2O3/c1-5-30-17-9-16-27-23(28)21(18-10-7-6-8-11-18)22(24(27)29)26-20-14-12-19(13-15-20)25(2,3)4/h6-8,10-15,26H,5,9,16-17H2,1-4H3. The number of carbonyl (C=O) groups excluding carboxylic acids is 2. The first-order valence-electron chi connectivity index (χ1n) is 10.4. The highest BCUT2D eigenvalue weighted by molar-refractivity contribution is 6.36. The van der Waals surface area contributed by atoms with E-state index in [2.05, 4.69) is 26.1 Å². The monoisotopic (exact) mass is 406 g/mol. The highest BCUT2D eigenvalue weighted by atomic mass is 16.5. The van der Waals surface area contributed by atoms with Crippen molar-refractivity contribution in [2.45, 2.75) is 39.5 Å². The van der Waals surface area contributed by atoms with Crippen LogP contribution in [0.15, 0.2) is 60.3 Å². The van der Waals surface area contributed by atoms with Gasteiger partial charge in [-0.25, -0.2) is 0 Å². The van der Waals surface area contributed by atoms with Crippen molar-refractivity contribution in [1.82, 2.24) is 4.90 Å². The van der Waals surface area contributed by atoms with Gasteiger partial charge in [-0.05, 0) is 42.0 Å². The summed E-state index contributed by atoms with van der Waals surface area (Å²) in [6.45, 7) is 9.87. The van der Waals surface area contributed by atoms with Crippen LogP contribution in [0.4, 0.5) is 5.69 Å². The molecule has 5 nitrogen and oxygen atoms in total. The molecular formula is C25H30N2O3. The molecule has 1 heterocycles. The lowest BCUT2D eigenvalue weighted by atomic mass is 9.87. The summed E-state index contributed by atoms with van der Waals surface area (Å²) in [5.41, 5.74) is 3.50. The summed E-state index contributed by atoms with van der Waals surface area (Å²) < 4.78 is 5.36. The smallest absolute Gasteiger partial charge is 0.278 e. The lowest BCUT2D eigenvalue weighted by Crippen LogP contribution is -2.34. The van der Waals surface area contributed by atoms with Crippen molar-refractivity contribution in [3.63, 3.8) is 0 Å². The molecule has 30 heavy (non-hydrogen) atoms. The topological polar surface area (TPSA) is 58.6 Å². The Kier molecular flexibility index (Phi) is 6.73. The number of carbonyl (C=O) groups is 2. The number of imide groups is 1. The highest BCUT2D eigenvalue weighted by Gasteiger charge is 2.38. The van der Waals surface area contributed by atoms with E-state index in [0.717, 1.165) is 11.3 Å². The van der Waals surface area contributed by atoms with Crippen LogP contribution in [0.2, 0.25) is 0 Å². The minimum Gasteiger partial charge on any atom is -0.382 e. The van der Waals surface area contributed by atoms with E-state index < -0.39 is 0 Å². The number of benzene rings is 2. The third-order valence-electron chi connectivity index (χ3n) is 5.13. The average molecular weight is 407 g/mol. The Labute approximate surface area is 178 Å². The van der Waals surface area contributed by atoms with Gasteiger partial charge in [0.05, 0.1) is 5.57 Å². The summed E-state index contributed by atoms with van der Waals surface area (Å²) >= 11 is 0. The molecule has 1 aliphatic rings. The molecule has 2 aromatic carbocycles. The molecule has 1 aliphatic heterocycles. The van der Waals surface area contributed by atoms with Crippen LogP contribution in [-0.4, -0.2) is 36.5 Å². The molecule has 0 atom stereocenters. The van der Waals surface area contributed by atoms with Crippen molar-refractivity contribution in [3.8, 4) is 0 Å². The lowest BCUT2D eigenvalue weighted by molar-refractivity contribution is -0.137. The fraction of sp³-hybridized carbons (Fsp3) is 0.360. The number of nitrogens with one attached hydrogen (secondary N) is 1. The summed E-state index contributed by atoms with van der Waals surface area (Å²) in [4.78, 5) is 27.6. The fourth-order valence-corrected chi connectivity index (χ4v) is 3.43. The van der Waals surface area contributed by atoms with Crippen LogP contribution in [0.25, 0.3) is 5.57 Å². The van der Waals surface area contributed by atoms with Gasteiger partial charge in [0, 0.05) is 25.4 Å². The molecule has 2 aromatic rings. The van der Waals surface area contributed by atoms with Crippen molar-refractivity contribution in [1.29, 1.82) is 0 Å². The number of anilines is 1. The summed E-state index contributed by atoms with van der Waals surface area (Å²) in [5, 5.41) is 3.22. The maximum atomic E-state index is 13.1. The second-order valence-corrected chi connectivity index (χ2v) is 8.38.